The Bertz CT molecular complexity index is 936. The van der Waals surface area contributed by atoms with E-state index in [4.69, 9.17) is 49.4 Å². The zero-order valence-corrected chi connectivity index (χ0v) is 21.0. The third-order valence-electron chi connectivity index (χ3n) is 4.65. The molecular weight excluding hydrogens is 477 g/mol. The van der Waals surface area contributed by atoms with Crippen LogP contribution in [-0.4, -0.2) is 49.7 Å². The van der Waals surface area contributed by atoms with Crippen LogP contribution in [0.25, 0.3) is 0 Å². The summed E-state index contributed by atoms with van der Waals surface area (Å²) in [6.45, 7) is 6.56. The fourth-order valence-corrected chi connectivity index (χ4v) is 3.85. The van der Waals surface area contributed by atoms with E-state index in [0.29, 0.717) is 6.61 Å². The number of ether oxygens (including phenoxy) is 2. The molecule has 1 unspecified atom stereocenters. The lowest BCUT2D eigenvalue weighted by atomic mass is 10.0. The summed E-state index contributed by atoms with van der Waals surface area (Å²) in [7, 11) is 2.97. The molecule has 1 N–H and O–H groups in total. The van der Waals surface area contributed by atoms with Crippen LogP contribution in [0.5, 0.6) is 5.75 Å². The predicted octanol–water partition coefficient (Wildman–Crippen LogP) is 5.86. The summed E-state index contributed by atoms with van der Waals surface area (Å²) in [5.74, 6) is -1.19. The third-order valence-corrected chi connectivity index (χ3v) is 5.49. The van der Waals surface area contributed by atoms with Crippen LogP contribution in [0.1, 0.15) is 35.3 Å². The van der Waals surface area contributed by atoms with Crippen molar-refractivity contribution in [1.29, 1.82) is 0 Å². The van der Waals surface area contributed by atoms with Crippen LogP contribution in [0.15, 0.2) is 30.3 Å². The molecule has 0 spiro atoms. The van der Waals surface area contributed by atoms with Gasteiger partial charge in [0.05, 0.1) is 35.5 Å². The number of carboxylic acid groups (broad SMARTS) is 1. The second-order valence-electron chi connectivity index (χ2n) is 6.88. The largest absolute Gasteiger partial charge is 0.494 e. The van der Waals surface area contributed by atoms with Crippen molar-refractivity contribution in [3.05, 3.63) is 57.1 Å². The molecule has 176 valence electrons. The first-order chi connectivity index (χ1) is 15.1. The van der Waals surface area contributed by atoms with Gasteiger partial charge in [0.1, 0.15) is 11.4 Å². The molecule has 0 aliphatic rings. The standard InChI is InChI=1S/C15H22ClNO2.C8H6Cl2O3/c1-5-13-8-6-7-11(2)15(13)17(14(18)9-16)12(3)10-19-4;1-13-7-5(10)3-2-4(9)6(7)8(11)12/h6-8,12H,5,9-10H2,1-4H3;2-3H,1H3,(H,11,12). The molecule has 6 nitrogen and oxygen atoms in total. The van der Waals surface area contributed by atoms with Crippen molar-refractivity contribution in [2.24, 2.45) is 0 Å². The Morgan fingerprint density at radius 3 is 2.22 bits per heavy atom. The zero-order valence-electron chi connectivity index (χ0n) is 18.7. The van der Waals surface area contributed by atoms with Crippen molar-refractivity contribution in [2.45, 2.75) is 33.2 Å². The van der Waals surface area contributed by atoms with Crippen LogP contribution in [0.4, 0.5) is 5.69 Å². The summed E-state index contributed by atoms with van der Waals surface area (Å²) >= 11 is 17.1. The normalized spacial score (nSPS) is 11.2. The van der Waals surface area contributed by atoms with Gasteiger partial charge >= 0.3 is 5.97 Å². The van der Waals surface area contributed by atoms with Crippen LogP contribution in [0, 0.1) is 6.92 Å². The highest BCUT2D eigenvalue weighted by molar-refractivity contribution is 6.37. The number of anilines is 1. The molecule has 32 heavy (non-hydrogen) atoms. The summed E-state index contributed by atoms with van der Waals surface area (Å²) in [5, 5.41) is 9.11. The number of hydrogen-bond donors (Lipinski definition) is 1. The number of aryl methyl sites for hydroxylation is 2. The number of amides is 1. The van der Waals surface area contributed by atoms with Crippen molar-refractivity contribution >= 4 is 52.4 Å². The van der Waals surface area contributed by atoms with Crippen LogP contribution >= 0.6 is 34.8 Å². The molecule has 2 aromatic rings. The van der Waals surface area contributed by atoms with Gasteiger partial charge in [-0.1, -0.05) is 48.3 Å². The van der Waals surface area contributed by atoms with Gasteiger partial charge in [-0.2, -0.15) is 0 Å². The lowest BCUT2D eigenvalue weighted by molar-refractivity contribution is -0.116. The van der Waals surface area contributed by atoms with E-state index in [1.54, 1.807) is 12.0 Å². The van der Waals surface area contributed by atoms with E-state index in [-0.39, 0.29) is 39.2 Å². The summed E-state index contributed by atoms with van der Waals surface area (Å²) in [6, 6.07) is 8.94. The lowest BCUT2D eigenvalue weighted by Gasteiger charge is -2.31. The quantitative estimate of drug-likeness (QED) is 0.455. The van der Waals surface area contributed by atoms with Gasteiger partial charge in [-0.3, -0.25) is 4.79 Å². The topological polar surface area (TPSA) is 76.1 Å². The minimum absolute atomic E-state index is 0.0223. The van der Waals surface area contributed by atoms with Crippen LogP contribution in [0.3, 0.4) is 0 Å². The highest BCUT2D eigenvalue weighted by atomic mass is 35.5. The van der Waals surface area contributed by atoms with Crippen molar-refractivity contribution in [2.75, 3.05) is 31.6 Å². The molecular formula is C23H28Cl3NO5. The number of para-hydroxylation sites is 1. The van der Waals surface area contributed by atoms with Gasteiger partial charge in [-0.05, 0) is 43.5 Å². The first-order valence-electron chi connectivity index (χ1n) is 9.85. The van der Waals surface area contributed by atoms with E-state index in [9.17, 15) is 9.59 Å². The van der Waals surface area contributed by atoms with Crippen molar-refractivity contribution in [1.82, 2.24) is 0 Å². The Labute approximate surface area is 204 Å². The average molecular weight is 505 g/mol. The van der Waals surface area contributed by atoms with Gasteiger partial charge in [0, 0.05) is 7.11 Å². The van der Waals surface area contributed by atoms with Crippen molar-refractivity contribution in [3.63, 3.8) is 0 Å². The van der Waals surface area contributed by atoms with Gasteiger partial charge < -0.3 is 19.5 Å². The number of carboxylic acids is 1. The van der Waals surface area contributed by atoms with E-state index in [2.05, 4.69) is 13.0 Å². The number of halogens is 3. The van der Waals surface area contributed by atoms with Gasteiger partial charge in [0.2, 0.25) is 5.91 Å². The Balaban J connectivity index is 0.000000343. The summed E-state index contributed by atoms with van der Waals surface area (Å²) in [4.78, 5) is 24.7. The van der Waals surface area contributed by atoms with Gasteiger partial charge in [-0.25, -0.2) is 4.79 Å². The van der Waals surface area contributed by atoms with Crippen LogP contribution in [-0.2, 0) is 16.0 Å². The summed E-state index contributed by atoms with van der Waals surface area (Å²) < 4.78 is 10.00. The highest BCUT2D eigenvalue weighted by Crippen LogP contribution is 2.33. The predicted molar refractivity (Wildman–Crippen MR) is 130 cm³/mol. The minimum atomic E-state index is -1.16. The molecule has 0 aliphatic carbocycles. The maximum Gasteiger partial charge on any atom is 0.341 e. The fourth-order valence-electron chi connectivity index (χ4n) is 3.25. The molecule has 2 rings (SSSR count). The molecule has 2 aromatic carbocycles. The molecule has 0 fully saturated rings. The van der Waals surface area contributed by atoms with Gasteiger partial charge in [-0.15, -0.1) is 11.6 Å². The highest BCUT2D eigenvalue weighted by Gasteiger charge is 2.24. The fraction of sp³-hybridized carbons (Fsp3) is 0.391. The minimum Gasteiger partial charge on any atom is -0.494 e. The summed E-state index contributed by atoms with van der Waals surface area (Å²) in [6.07, 6.45) is 0.878. The van der Waals surface area contributed by atoms with Gasteiger partial charge in [0.25, 0.3) is 0 Å². The first kappa shape index (κ1) is 28.0. The number of methoxy groups -OCH3 is 2. The van der Waals surface area contributed by atoms with E-state index in [0.717, 1.165) is 23.2 Å². The molecule has 1 amide bonds. The third kappa shape index (κ3) is 7.01. The molecule has 0 radical (unpaired) electrons. The van der Waals surface area contributed by atoms with E-state index < -0.39 is 5.97 Å². The SMILES string of the molecule is CCc1cccc(C)c1N(C(=O)CCl)C(C)COC.COc1c(Cl)ccc(Cl)c1C(=O)O. The van der Waals surface area contributed by atoms with Gasteiger partial charge in [0.15, 0.2) is 5.75 Å². The average Bonchev–Trinajstić information content (AvgIpc) is 2.76. The van der Waals surface area contributed by atoms with Crippen molar-refractivity contribution < 1.29 is 24.2 Å². The number of benzene rings is 2. The number of rotatable bonds is 8. The second kappa shape index (κ2) is 13.5. The Morgan fingerprint density at radius 2 is 1.75 bits per heavy atom. The molecule has 0 bridgehead atoms. The number of nitrogens with zero attached hydrogens (tertiary/aromatic N) is 1. The number of carbonyl (C=O) groups is 2. The molecule has 9 heteroatoms. The molecule has 0 saturated carbocycles. The summed E-state index contributed by atoms with van der Waals surface area (Å²) in [5.41, 5.74) is 3.10. The molecule has 0 saturated heterocycles. The van der Waals surface area contributed by atoms with Crippen LogP contribution in [0.2, 0.25) is 10.0 Å². The Kier molecular flexibility index (Phi) is 11.9. The lowest BCUT2D eigenvalue weighted by Crippen LogP contribution is -2.43. The molecule has 0 heterocycles. The Hall–Kier alpha value is -1.99. The number of aromatic carboxylic acids is 1. The maximum absolute atomic E-state index is 12.2. The number of hydrogen-bond acceptors (Lipinski definition) is 4. The van der Waals surface area contributed by atoms with E-state index >= 15 is 0 Å². The first-order valence-corrected chi connectivity index (χ1v) is 11.1. The molecule has 0 aliphatic heterocycles. The van der Waals surface area contributed by atoms with Crippen LogP contribution < -0.4 is 9.64 Å². The Morgan fingerprint density at radius 1 is 1.12 bits per heavy atom. The van der Waals surface area contributed by atoms with E-state index in [1.807, 2.05) is 26.0 Å². The monoisotopic (exact) mass is 503 g/mol. The molecule has 1 atom stereocenters. The number of carbonyl (C=O) groups excluding carboxylic acids is 1. The van der Waals surface area contributed by atoms with E-state index in [1.165, 1.54) is 19.2 Å². The smallest absolute Gasteiger partial charge is 0.341 e. The number of alkyl halides is 1. The zero-order chi connectivity index (χ0) is 24.4. The van der Waals surface area contributed by atoms with Crippen molar-refractivity contribution in [3.8, 4) is 5.75 Å². The second-order valence-corrected chi connectivity index (χ2v) is 7.96. The molecule has 0 aromatic heterocycles. The maximum atomic E-state index is 12.2.